The Hall–Kier alpha value is -0.610. The topological polar surface area (TPSA) is 29.1 Å². The maximum Gasteiger partial charge on any atom is 0.220 e. The van der Waals surface area contributed by atoms with E-state index in [1.807, 2.05) is 18.2 Å². The minimum absolute atomic E-state index is 0.153. The largest absolute Gasteiger partial charge is 0.356 e. The van der Waals surface area contributed by atoms with Gasteiger partial charge in [-0.15, -0.1) is 0 Å². The van der Waals surface area contributed by atoms with Crippen LogP contribution in [0.2, 0.25) is 0 Å². The van der Waals surface area contributed by atoms with Gasteiger partial charge in [-0.1, -0.05) is 53.6 Å². The first-order valence-electron chi connectivity index (χ1n) is 5.79. The van der Waals surface area contributed by atoms with Crippen LogP contribution in [0.5, 0.6) is 0 Å². The maximum absolute atomic E-state index is 11.4. The molecule has 0 aliphatic carbocycles. The lowest BCUT2D eigenvalue weighted by atomic mass is 10.2. The molecule has 0 fully saturated rings. The van der Waals surface area contributed by atoms with Crippen molar-refractivity contribution in [3.05, 3.63) is 30.3 Å². The Morgan fingerprint density at radius 3 is 2.65 bits per heavy atom. The van der Waals surface area contributed by atoms with Gasteiger partial charge in [0.15, 0.2) is 0 Å². The number of benzene rings is 1. The zero-order valence-electron chi connectivity index (χ0n) is 10.3. The molecule has 0 atom stereocenters. The fourth-order valence-electron chi connectivity index (χ4n) is 1.13. The second kappa shape index (κ2) is 8.48. The van der Waals surface area contributed by atoms with Crippen molar-refractivity contribution in [1.29, 1.82) is 0 Å². The van der Waals surface area contributed by atoms with Crippen molar-refractivity contribution >= 4 is 27.5 Å². The highest BCUT2D eigenvalue weighted by atomic mass is 33.1. The third kappa shape index (κ3) is 7.34. The van der Waals surface area contributed by atoms with Crippen molar-refractivity contribution in [3.63, 3.8) is 0 Å². The van der Waals surface area contributed by atoms with Gasteiger partial charge in [-0.3, -0.25) is 4.79 Å². The van der Waals surface area contributed by atoms with E-state index in [9.17, 15) is 4.79 Å². The number of hydrogen-bond donors (Lipinski definition) is 1. The highest BCUT2D eigenvalue weighted by Gasteiger charge is 2.02. The molecule has 0 saturated carbocycles. The first-order chi connectivity index (χ1) is 8.18. The van der Waals surface area contributed by atoms with Crippen LogP contribution in [-0.2, 0) is 4.79 Å². The van der Waals surface area contributed by atoms with E-state index in [1.54, 1.807) is 21.6 Å². The van der Waals surface area contributed by atoms with Crippen molar-refractivity contribution in [2.45, 2.75) is 25.2 Å². The molecule has 0 bridgehead atoms. The molecule has 0 radical (unpaired) electrons. The SMILES string of the molecule is CC(C)CNC(=O)CCSSc1ccccc1. The summed E-state index contributed by atoms with van der Waals surface area (Å²) in [6.07, 6.45) is 0.594. The van der Waals surface area contributed by atoms with Crippen molar-refractivity contribution < 1.29 is 4.79 Å². The van der Waals surface area contributed by atoms with Crippen LogP contribution >= 0.6 is 21.6 Å². The van der Waals surface area contributed by atoms with Crippen LogP contribution in [0.15, 0.2) is 35.2 Å². The summed E-state index contributed by atoms with van der Waals surface area (Å²) in [6, 6.07) is 10.2. The average Bonchev–Trinajstić information content (AvgIpc) is 2.33. The molecule has 0 aromatic heterocycles. The third-order valence-corrected chi connectivity index (χ3v) is 4.40. The smallest absolute Gasteiger partial charge is 0.220 e. The van der Waals surface area contributed by atoms with Gasteiger partial charge in [0.2, 0.25) is 5.91 Å². The molecule has 0 aliphatic heterocycles. The molecule has 94 valence electrons. The zero-order valence-corrected chi connectivity index (χ0v) is 11.9. The number of nitrogens with one attached hydrogen (secondary N) is 1. The summed E-state index contributed by atoms with van der Waals surface area (Å²) in [5.74, 6) is 1.52. The summed E-state index contributed by atoms with van der Waals surface area (Å²) in [7, 11) is 3.45. The lowest BCUT2D eigenvalue weighted by Crippen LogP contribution is -2.27. The first kappa shape index (κ1) is 14.5. The number of amides is 1. The van der Waals surface area contributed by atoms with E-state index in [2.05, 4.69) is 31.3 Å². The lowest BCUT2D eigenvalue weighted by molar-refractivity contribution is -0.120. The predicted octanol–water partition coefficient (Wildman–Crippen LogP) is 3.59. The van der Waals surface area contributed by atoms with Gasteiger partial charge in [-0.05, 0) is 18.1 Å². The number of carbonyl (C=O) groups is 1. The summed E-state index contributed by atoms with van der Waals surface area (Å²) in [4.78, 5) is 12.7. The van der Waals surface area contributed by atoms with Gasteiger partial charge in [0.05, 0.1) is 0 Å². The van der Waals surface area contributed by atoms with E-state index < -0.39 is 0 Å². The first-order valence-corrected chi connectivity index (χ1v) is 8.11. The molecule has 1 aromatic carbocycles. The summed E-state index contributed by atoms with van der Waals surface area (Å²) in [6.45, 7) is 4.97. The van der Waals surface area contributed by atoms with Crippen LogP contribution in [0.1, 0.15) is 20.3 Å². The van der Waals surface area contributed by atoms with Gasteiger partial charge in [0, 0.05) is 23.6 Å². The van der Waals surface area contributed by atoms with Crippen molar-refractivity contribution in [1.82, 2.24) is 5.32 Å². The second-order valence-electron chi connectivity index (χ2n) is 4.17. The Bertz CT molecular complexity index is 327. The van der Waals surface area contributed by atoms with Crippen LogP contribution in [0.3, 0.4) is 0 Å². The molecule has 1 N–H and O–H groups in total. The number of rotatable bonds is 7. The highest BCUT2D eigenvalue weighted by molar-refractivity contribution is 8.76. The molecule has 0 aliphatic rings. The molecule has 0 heterocycles. The maximum atomic E-state index is 11.4. The Labute approximate surface area is 111 Å². The van der Waals surface area contributed by atoms with Crippen LogP contribution in [0, 0.1) is 5.92 Å². The minimum atomic E-state index is 0.153. The predicted molar refractivity (Wildman–Crippen MR) is 77.2 cm³/mol. The summed E-state index contributed by atoms with van der Waals surface area (Å²) in [5, 5.41) is 2.92. The van der Waals surface area contributed by atoms with Crippen LogP contribution < -0.4 is 5.32 Å². The molecule has 0 saturated heterocycles. The van der Waals surface area contributed by atoms with Gasteiger partial charge in [0.25, 0.3) is 0 Å². The van der Waals surface area contributed by atoms with Crippen LogP contribution in [-0.4, -0.2) is 18.2 Å². The molecule has 1 rings (SSSR count). The number of carbonyl (C=O) groups excluding carboxylic acids is 1. The fourth-order valence-corrected chi connectivity index (χ4v) is 3.12. The molecule has 0 spiro atoms. The highest BCUT2D eigenvalue weighted by Crippen LogP contribution is 2.30. The Kier molecular flexibility index (Phi) is 7.21. The van der Waals surface area contributed by atoms with E-state index in [0.29, 0.717) is 12.3 Å². The lowest BCUT2D eigenvalue weighted by Gasteiger charge is -2.07. The number of hydrogen-bond acceptors (Lipinski definition) is 3. The second-order valence-corrected chi connectivity index (χ2v) is 6.66. The molecular formula is C13H19NOS2. The van der Waals surface area contributed by atoms with E-state index in [1.165, 1.54) is 4.90 Å². The molecule has 1 amide bonds. The van der Waals surface area contributed by atoms with Crippen molar-refractivity contribution in [2.75, 3.05) is 12.3 Å². The molecule has 17 heavy (non-hydrogen) atoms. The van der Waals surface area contributed by atoms with Crippen LogP contribution in [0.25, 0.3) is 0 Å². The molecule has 1 aromatic rings. The fraction of sp³-hybridized carbons (Fsp3) is 0.462. The molecule has 4 heteroatoms. The summed E-state index contributed by atoms with van der Waals surface area (Å²) in [5.41, 5.74) is 0. The Morgan fingerprint density at radius 2 is 2.00 bits per heavy atom. The monoisotopic (exact) mass is 269 g/mol. The van der Waals surface area contributed by atoms with E-state index >= 15 is 0 Å². The van der Waals surface area contributed by atoms with Gasteiger partial charge in [-0.25, -0.2) is 0 Å². The minimum Gasteiger partial charge on any atom is -0.356 e. The quantitative estimate of drug-likeness (QED) is 0.606. The van der Waals surface area contributed by atoms with Gasteiger partial charge >= 0.3 is 0 Å². The van der Waals surface area contributed by atoms with Gasteiger partial charge in [-0.2, -0.15) is 0 Å². The van der Waals surface area contributed by atoms with Gasteiger partial charge in [0.1, 0.15) is 0 Å². The summed E-state index contributed by atoms with van der Waals surface area (Å²) >= 11 is 0. The summed E-state index contributed by atoms with van der Waals surface area (Å²) < 4.78 is 0. The van der Waals surface area contributed by atoms with E-state index in [0.717, 1.165) is 12.3 Å². The van der Waals surface area contributed by atoms with Crippen molar-refractivity contribution in [2.24, 2.45) is 5.92 Å². The third-order valence-electron chi connectivity index (χ3n) is 2.02. The van der Waals surface area contributed by atoms with Crippen LogP contribution in [0.4, 0.5) is 0 Å². The van der Waals surface area contributed by atoms with E-state index in [4.69, 9.17) is 0 Å². The van der Waals surface area contributed by atoms with Crippen molar-refractivity contribution in [3.8, 4) is 0 Å². The Balaban J connectivity index is 2.06. The standard InChI is InChI=1S/C13H19NOS2/c1-11(2)10-14-13(15)8-9-16-17-12-6-4-3-5-7-12/h3-7,11H,8-10H2,1-2H3,(H,14,15). The normalized spacial score (nSPS) is 10.5. The van der Waals surface area contributed by atoms with Gasteiger partial charge < -0.3 is 5.32 Å². The zero-order chi connectivity index (χ0) is 12.5. The Morgan fingerprint density at radius 1 is 1.29 bits per heavy atom. The molecule has 0 unspecified atom stereocenters. The van der Waals surface area contributed by atoms with E-state index in [-0.39, 0.29) is 5.91 Å². The molecular weight excluding hydrogens is 250 g/mol. The average molecular weight is 269 g/mol. The molecule has 2 nitrogen and oxygen atoms in total.